The van der Waals surface area contributed by atoms with Crippen molar-refractivity contribution in [2.75, 3.05) is 92.9 Å². The Kier molecular flexibility index (Phi) is 25.4. The molecule has 136 heavy (non-hydrogen) atoms. The van der Waals surface area contributed by atoms with E-state index in [4.69, 9.17) is 66.3 Å². The number of hydrogen-bond donors (Lipinski definition) is 5. The zero-order valence-corrected chi connectivity index (χ0v) is 78.2. The first-order valence-electron chi connectivity index (χ1n) is 45.0. The molecule has 4 saturated heterocycles. The fraction of sp³-hybridized carbons (Fsp3) is 0.394. The molecule has 8 aromatic carbocycles. The van der Waals surface area contributed by atoms with Crippen LogP contribution in [0.1, 0.15) is 163 Å². The highest BCUT2D eigenvalue weighted by molar-refractivity contribution is 7.99. The van der Waals surface area contributed by atoms with Gasteiger partial charge in [0.05, 0.1) is 75.2 Å². The van der Waals surface area contributed by atoms with Gasteiger partial charge in [-0.05, 0) is 166 Å². The van der Waals surface area contributed by atoms with Crippen LogP contribution in [-0.4, -0.2) is 200 Å². The molecule has 0 radical (unpaired) electrons. The summed E-state index contributed by atoms with van der Waals surface area (Å²) < 4.78 is 85.5. The lowest BCUT2D eigenvalue weighted by Crippen LogP contribution is -2.70. The third-order valence-corrected chi connectivity index (χ3v) is 31.0. The molecule has 30 nitrogen and oxygen atoms in total. The second-order valence-electron chi connectivity index (χ2n) is 36.5. The van der Waals surface area contributed by atoms with E-state index < -0.39 is 112 Å². The quantitative estimate of drug-likeness (QED) is 0.0159. The van der Waals surface area contributed by atoms with E-state index in [2.05, 4.69) is 55.5 Å². The summed E-state index contributed by atoms with van der Waals surface area (Å²) in [6.07, 6.45) is 10.7. The number of fused-ring (bicyclic) bond motifs is 18. The van der Waals surface area contributed by atoms with Crippen molar-refractivity contribution in [2.45, 2.75) is 169 Å². The van der Waals surface area contributed by atoms with E-state index >= 15 is 9.59 Å². The molecule has 0 saturated carbocycles. The number of hydrogen-bond acceptors (Lipinski definition) is 32. The van der Waals surface area contributed by atoms with Crippen LogP contribution in [0.4, 0.5) is 4.79 Å². The van der Waals surface area contributed by atoms with E-state index in [1.807, 2.05) is 107 Å². The van der Waals surface area contributed by atoms with Crippen LogP contribution in [0.5, 0.6) is 80.5 Å². The Morgan fingerprint density at radius 2 is 0.963 bits per heavy atom. The average molecular weight is 1890 g/mol. The lowest BCUT2D eigenvalue weighted by molar-refractivity contribution is -0.158. The topological polar surface area (TPSA) is 360 Å². The number of phenolic OH excluding ortho intramolecular Hbond substituents is 3. The molecule has 0 aromatic heterocycles. The molecule has 14 aliphatic rings. The molecule has 0 aliphatic carbocycles. The number of rotatable bonds is 15. The molecular formula is C104H108N8O22S2. The van der Waals surface area contributed by atoms with Gasteiger partial charge < -0.3 is 81.6 Å². The number of aromatic hydroxyl groups is 3. The highest BCUT2D eigenvalue weighted by atomic mass is 32.2. The van der Waals surface area contributed by atoms with E-state index in [1.54, 1.807) is 63.3 Å². The molecule has 22 rings (SSSR count). The van der Waals surface area contributed by atoms with Crippen LogP contribution >= 0.6 is 23.5 Å². The Labute approximate surface area is 796 Å². The zero-order valence-electron chi connectivity index (χ0n) is 76.5. The molecule has 2 spiro atoms. The summed E-state index contributed by atoms with van der Waals surface area (Å²) in [5, 5.41) is 64.3. The number of piperazine rings is 2. The maximum atomic E-state index is 15.3. The van der Waals surface area contributed by atoms with Crippen LogP contribution in [0.2, 0.25) is 0 Å². The zero-order chi connectivity index (χ0) is 94.7. The van der Waals surface area contributed by atoms with E-state index in [0.29, 0.717) is 142 Å². The van der Waals surface area contributed by atoms with Gasteiger partial charge in [-0.3, -0.25) is 30.2 Å². The normalized spacial score (nSPS) is 25.6. The van der Waals surface area contributed by atoms with E-state index in [-0.39, 0.29) is 97.8 Å². The lowest BCUT2D eigenvalue weighted by Gasteiger charge is -2.62. The van der Waals surface area contributed by atoms with Crippen LogP contribution in [0, 0.1) is 50.4 Å². The summed E-state index contributed by atoms with van der Waals surface area (Å²) in [5.41, 5.74) is 8.73. The minimum atomic E-state index is -1.50. The number of methoxy groups -OCH3 is 4. The number of nitriles is 2. The Morgan fingerprint density at radius 3 is 1.38 bits per heavy atom. The van der Waals surface area contributed by atoms with Crippen molar-refractivity contribution in [2.24, 2.45) is 0 Å². The third kappa shape index (κ3) is 15.5. The predicted octanol–water partition coefficient (Wildman–Crippen LogP) is 14.7. The van der Waals surface area contributed by atoms with Gasteiger partial charge >= 0.3 is 30.0 Å². The van der Waals surface area contributed by atoms with Crippen molar-refractivity contribution in [1.82, 2.24) is 30.2 Å². The fourth-order valence-corrected chi connectivity index (χ4v) is 26.1. The number of thioether (sulfide) groups is 2. The lowest BCUT2D eigenvalue weighted by atomic mass is 9.71. The Bertz CT molecular complexity index is 6370. The van der Waals surface area contributed by atoms with Crippen molar-refractivity contribution in [3.05, 3.63) is 235 Å². The number of ether oxygens (including phenoxy) is 14. The van der Waals surface area contributed by atoms with Crippen molar-refractivity contribution in [3.8, 4) is 92.6 Å². The van der Waals surface area contributed by atoms with Gasteiger partial charge in [-0.1, -0.05) is 92.4 Å². The molecule has 2 unspecified atom stereocenters. The van der Waals surface area contributed by atoms with Gasteiger partial charge in [0.15, 0.2) is 80.1 Å². The number of nitrogens with zero attached hydrogens (tertiary/aromatic N) is 6. The number of esters is 4. The highest BCUT2D eigenvalue weighted by Crippen LogP contribution is 2.68. The summed E-state index contributed by atoms with van der Waals surface area (Å²) in [4.78, 5) is 80.4. The fourth-order valence-electron chi connectivity index (χ4n) is 22.7. The van der Waals surface area contributed by atoms with Crippen molar-refractivity contribution in [1.29, 1.82) is 10.5 Å². The Morgan fingerprint density at radius 1 is 0.537 bits per heavy atom. The van der Waals surface area contributed by atoms with E-state index in [9.17, 15) is 40.2 Å². The molecule has 4 fully saturated rings. The average Bonchev–Trinajstić information content (AvgIpc) is 0.914. The summed E-state index contributed by atoms with van der Waals surface area (Å²) in [6, 6.07) is 28.6. The monoisotopic (exact) mass is 1880 g/mol. The molecule has 708 valence electrons. The van der Waals surface area contributed by atoms with Crippen LogP contribution in [0.15, 0.2) is 135 Å². The Hall–Kier alpha value is -12.9. The standard InChI is InChI=1S/C54H56N4O12S.C49H48N4O10S.CH4/c1-9-19-57-34-21-32-20-28(2)46(64-8)45(60)40(32)43(57)44-50-42-41(49-48(66-27-67-49)29(3)47(42)69-39(59)16-15-30-13-11-10-12-14-30)36(58(44)35(34)24-55)25-65-51(61)54(26-71-50)33-23-37(63-7)38(22-31(33)17-18-56-54)68-52(62)70-53(4,5)6;1-6-16-52-31-18-29-17-25(2)43(59-5)42(56)37(29)40(52)41-47-39-38(46-45(61-24-62-46)26(3)44(39)63-36(55)13-12-27-10-8-7-9-11-27)33(53(41)32(31)21-50)22-60-48(57)49(23-64-47)30-20-35(58-4)34(54)19-28(30)14-15-51-49;/h9-16,20,22-23,34-36,43-44,50,56,60H,1,17-19,21,25-27H2,2-8H3;6-13,17,19-20,31-33,40-41,47,51,54,56H,1,14-16,18,22-24H2,2-5H3;1H4/b16-15+;13-12+;/t34-,35-,36-,43+,44?,50+,54+;31-,32-,33-,40+,41?,47+,49+;/m00./s1. The van der Waals surface area contributed by atoms with Gasteiger partial charge in [0, 0.05) is 119 Å². The second kappa shape index (κ2) is 37.0. The van der Waals surface area contributed by atoms with Crippen LogP contribution in [0.25, 0.3) is 12.2 Å². The van der Waals surface area contributed by atoms with Gasteiger partial charge in [-0.15, -0.1) is 36.7 Å². The number of carbonyl (C=O) groups is 5. The van der Waals surface area contributed by atoms with E-state index in [1.165, 1.54) is 64.1 Å². The highest BCUT2D eigenvalue weighted by Gasteiger charge is 2.66. The minimum absolute atomic E-state index is 0. The maximum Gasteiger partial charge on any atom is 0.514 e. The molecule has 8 bridgehead atoms. The number of phenols is 3. The van der Waals surface area contributed by atoms with Gasteiger partial charge in [0.2, 0.25) is 13.6 Å². The van der Waals surface area contributed by atoms with Crippen LogP contribution in [-0.2, 0) is 70.1 Å². The smallest absolute Gasteiger partial charge is 0.504 e. The van der Waals surface area contributed by atoms with Gasteiger partial charge in [-0.25, -0.2) is 24.0 Å². The molecule has 8 aromatic rings. The molecular weight excluding hydrogens is 1780 g/mol. The van der Waals surface area contributed by atoms with E-state index in [0.717, 1.165) is 44.5 Å². The summed E-state index contributed by atoms with van der Waals surface area (Å²) in [7, 11) is 5.98. The second-order valence-corrected chi connectivity index (χ2v) is 38.8. The number of benzene rings is 8. The molecule has 14 atom stereocenters. The maximum absolute atomic E-state index is 15.3. The SMILES string of the molecule is C.C=CCN1[C@@H]2c3c(cc(C)c(OC)c3O)C[C@H]1[C@H](C#N)N1C2[C@@H]2SC[C@]3(NCCc4cc(O)c(OC)cc43)C(=O)OC[C@H]1c1c3c(c(C)c(OC(=O)/C=C/c4ccccc4)c12)OCO3.C=CCN1[C@@H]2c3c(cc(C)c(OC)c3O)C[C@H]1[C@H](C#N)N1C2[C@@H]2SC[C@]3(NCCc4cc(OC(=O)OC(C)(C)C)c(OC)cc43)C(=O)OC[C@H]1c1c3c(c(C)c(OC(=O)/C=C/c4ccccc4)c12)OCO3. The molecule has 0 amide bonds. The number of aryl methyl sites for hydroxylation is 2. The van der Waals surface area contributed by atoms with Crippen LogP contribution < -0.4 is 62.7 Å². The first-order chi connectivity index (χ1) is 65.2. The molecule has 14 aliphatic heterocycles. The van der Waals surface area contributed by atoms with Gasteiger partial charge in [0.1, 0.15) is 42.4 Å². The number of carbonyl (C=O) groups excluding carboxylic acids is 5. The molecule has 14 heterocycles. The Balaban J connectivity index is 0.000000181. The van der Waals surface area contributed by atoms with Crippen molar-refractivity contribution in [3.63, 3.8) is 0 Å². The van der Waals surface area contributed by atoms with Gasteiger partial charge in [0.25, 0.3) is 0 Å². The van der Waals surface area contributed by atoms with Crippen molar-refractivity contribution < 1.29 is 106 Å². The summed E-state index contributed by atoms with van der Waals surface area (Å²) in [5.74, 6) is 1.17. The summed E-state index contributed by atoms with van der Waals surface area (Å²) in [6.45, 7) is 21.8. The first kappa shape index (κ1) is 93.5. The molecule has 32 heteroatoms. The summed E-state index contributed by atoms with van der Waals surface area (Å²) >= 11 is 2.90. The first-order valence-corrected chi connectivity index (χ1v) is 47.0. The largest absolute Gasteiger partial charge is 0.514 e. The minimum Gasteiger partial charge on any atom is -0.504 e. The third-order valence-electron chi connectivity index (χ3n) is 28.1. The van der Waals surface area contributed by atoms with Crippen molar-refractivity contribution >= 4 is 65.7 Å². The molecule has 5 N–H and O–H groups in total. The van der Waals surface area contributed by atoms with Gasteiger partial charge in [-0.2, -0.15) is 10.5 Å². The number of nitrogens with one attached hydrogen (secondary N) is 2. The van der Waals surface area contributed by atoms with Crippen LogP contribution in [0.3, 0.4) is 0 Å². The predicted molar refractivity (Wildman–Crippen MR) is 506 cm³/mol.